The topological polar surface area (TPSA) is 78.1 Å². The van der Waals surface area contributed by atoms with Gasteiger partial charge in [0.25, 0.3) is 5.56 Å². The minimum Gasteiger partial charge on any atom is -0.288 e. The molecule has 0 atom stereocenters. The van der Waals surface area contributed by atoms with Crippen molar-refractivity contribution in [2.45, 2.75) is 26.2 Å². The van der Waals surface area contributed by atoms with Gasteiger partial charge in [-0.25, -0.2) is 4.98 Å². The lowest BCUT2D eigenvalue weighted by molar-refractivity contribution is 0.224. The first-order chi connectivity index (χ1) is 20.1. The SMILES string of the molecule is Cc1nc2c(-c3ccccc3)c(-c3ccccc3)[nH]n2c(=O)c1-c1ccc(N=NN2CCCCC2)c(C#CSI)c1. The predicted molar refractivity (Wildman–Crippen MR) is 175 cm³/mol. The monoisotopic (exact) mass is 670 g/mol. The van der Waals surface area contributed by atoms with E-state index in [-0.39, 0.29) is 5.56 Å². The van der Waals surface area contributed by atoms with Crippen LogP contribution in [0, 0.1) is 18.1 Å². The quantitative estimate of drug-likeness (QED) is 0.116. The highest BCUT2D eigenvalue weighted by Gasteiger charge is 2.21. The Labute approximate surface area is 254 Å². The molecule has 1 aliphatic heterocycles. The van der Waals surface area contributed by atoms with Crippen LogP contribution in [0.2, 0.25) is 0 Å². The number of benzene rings is 3. The fourth-order valence-electron chi connectivity index (χ4n) is 5.23. The smallest absolute Gasteiger partial charge is 0.280 e. The van der Waals surface area contributed by atoms with Gasteiger partial charge in [-0.2, -0.15) is 4.52 Å². The first-order valence-corrected chi connectivity index (χ1v) is 16.9. The van der Waals surface area contributed by atoms with E-state index in [1.807, 2.05) is 90.8 Å². The molecule has 204 valence electrons. The fourth-order valence-corrected chi connectivity index (χ4v) is 5.71. The number of H-pyrrole nitrogens is 1. The van der Waals surface area contributed by atoms with E-state index in [9.17, 15) is 4.79 Å². The third kappa shape index (κ3) is 5.67. The summed E-state index contributed by atoms with van der Waals surface area (Å²) in [5.74, 6) is 3.19. The van der Waals surface area contributed by atoms with Gasteiger partial charge >= 0.3 is 0 Å². The average Bonchev–Trinajstić information content (AvgIpc) is 3.40. The molecule has 2 aromatic heterocycles. The Morgan fingerprint density at radius 1 is 0.902 bits per heavy atom. The van der Waals surface area contributed by atoms with Crippen LogP contribution in [0.4, 0.5) is 5.69 Å². The molecule has 0 spiro atoms. The number of aromatic nitrogens is 3. The number of piperidine rings is 1. The molecule has 0 unspecified atom stereocenters. The Bertz CT molecular complexity index is 1850. The molecule has 6 rings (SSSR count). The second kappa shape index (κ2) is 12.3. The minimum absolute atomic E-state index is 0.170. The molecular weight excluding hydrogens is 643 g/mol. The molecule has 0 radical (unpaired) electrons. The molecule has 9 heteroatoms. The van der Waals surface area contributed by atoms with Gasteiger partial charge in [0.15, 0.2) is 5.65 Å². The third-order valence-electron chi connectivity index (χ3n) is 7.21. The number of hydrogen-bond donors (Lipinski definition) is 1. The van der Waals surface area contributed by atoms with Crippen molar-refractivity contribution < 1.29 is 0 Å². The highest BCUT2D eigenvalue weighted by atomic mass is 127. The summed E-state index contributed by atoms with van der Waals surface area (Å²) >= 11 is 2.15. The zero-order valence-electron chi connectivity index (χ0n) is 22.5. The van der Waals surface area contributed by atoms with Crippen molar-refractivity contribution >= 4 is 41.5 Å². The molecule has 0 bridgehead atoms. The molecule has 1 aliphatic rings. The highest BCUT2D eigenvalue weighted by molar-refractivity contribution is 14.2. The van der Waals surface area contributed by atoms with E-state index in [2.05, 4.69) is 47.8 Å². The van der Waals surface area contributed by atoms with Crippen molar-refractivity contribution in [2.24, 2.45) is 10.3 Å². The summed E-state index contributed by atoms with van der Waals surface area (Å²) in [5, 5.41) is 17.4. The number of hydrogen-bond acceptors (Lipinski definition) is 5. The van der Waals surface area contributed by atoms with Gasteiger partial charge in [-0.3, -0.25) is 14.9 Å². The average molecular weight is 671 g/mol. The van der Waals surface area contributed by atoms with E-state index in [4.69, 9.17) is 4.98 Å². The van der Waals surface area contributed by atoms with E-state index < -0.39 is 0 Å². The van der Waals surface area contributed by atoms with E-state index in [0.29, 0.717) is 22.6 Å². The lowest BCUT2D eigenvalue weighted by Gasteiger charge is -2.21. The summed E-state index contributed by atoms with van der Waals surface area (Å²) in [6.45, 7) is 3.72. The number of nitrogens with zero attached hydrogens (tertiary/aromatic N) is 5. The van der Waals surface area contributed by atoms with Crippen LogP contribution in [0.15, 0.2) is 94.0 Å². The standard InChI is InChI=1S/C32H27IN6OS/c1-22-28(26-15-16-27(25(21-26)17-20-41-33)35-37-38-18-9-4-10-19-38)32(40)39-31(34-22)29(23-11-5-2-6-12-23)30(36-39)24-13-7-3-8-14-24/h2-3,5-8,11-16,21,36H,4,9-10,18-19H2,1H3. The molecule has 0 amide bonds. The van der Waals surface area contributed by atoms with Crippen molar-refractivity contribution in [3.05, 3.63) is 100 Å². The van der Waals surface area contributed by atoms with E-state index in [0.717, 1.165) is 59.4 Å². The minimum atomic E-state index is -0.170. The van der Waals surface area contributed by atoms with Crippen LogP contribution in [0.25, 0.3) is 39.2 Å². The second-order valence-corrected chi connectivity index (χ2v) is 11.5. The summed E-state index contributed by atoms with van der Waals surface area (Å²) in [6, 6.07) is 25.8. The van der Waals surface area contributed by atoms with Crippen LogP contribution < -0.4 is 5.56 Å². The largest absolute Gasteiger partial charge is 0.288 e. The lowest BCUT2D eigenvalue weighted by Crippen LogP contribution is -2.23. The van der Waals surface area contributed by atoms with Gasteiger partial charge in [-0.1, -0.05) is 77.9 Å². The van der Waals surface area contributed by atoms with Crippen molar-refractivity contribution in [2.75, 3.05) is 13.1 Å². The highest BCUT2D eigenvalue weighted by Crippen LogP contribution is 2.35. The molecule has 3 aromatic carbocycles. The molecule has 1 saturated heterocycles. The number of aromatic amines is 1. The van der Waals surface area contributed by atoms with Crippen LogP contribution in [0.5, 0.6) is 0 Å². The molecule has 1 N–H and O–H groups in total. The van der Waals surface area contributed by atoms with Gasteiger partial charge in [-0.05, 0) is 63.6 Å². The summed E-state index contributed by atoms with van der Waals surface area (Å²) in [6.07, 6.45) is 3.50. The van der Waals surface area contributed by atoms with Gasteiger partial charge in [0.2, 0.25) is 0 Å². The molecule has 41 heavy (non-hydrogen) atoms. The first-order valence-electron chi connectivity index (χ1n) is 13.5. The second-order valence-electron chi connectivity index (χ2n) is 9.87. The van der Waals surface area contributed by atoms with Crippen LogP contribution in [-0.2, 0) is 0 Å². The van der Waals surface area contributed by atoms with Crippen LogP contribution >= 0.6 is 30.1 Å². The van der Waals surface area contributed by atoms with Crippen molar-refractivity contribution in [3.63, 3.8) is 0 Å². The van der Waals surface area contributed by atoms with E-state index >= 15 is 0 Å². The normalized spacial score (nSPS) is 13.5. The zero-order valence-corrected chi connectivity index (χ0v) is 25.4. The molecular formula is C32H27IN6OS. The number of halogens is 1. The maximum absolute atomic E-state index is 14.1. The number of nitrogens with one attached hydrogen (secondary N) is 1. The van der Waals surface area contributed by atoms with Gasteiger partial charge in [-0.15, -0.1) is 5.11 Å². The summed E-state index contributed by atoms with van der Waals surface area (Å²) in [5.41, 5.74) is 7.44. The first kappa shape index (κ1) is 27.3. The van der Waals surface area contributed by atoms with Gasteiger partial charge in [0.05, 0.1) is 28.1 Å². The zero-order chi connectivity index (χ0) is 28.2. The Balaban J connectivity index is 1.50. The number of fused-ring (bicyclic) bond motifs is 1. The maximum Gasteiger partial charge on any atom is 0.280 e. The maximum atomic E-state index is 14.1. The molecule has 3 heterocycles. The summed E-state index contributed by atoms with van der Waals surface area (Å²) in [4.78, 5) is 19.1. The Kier molecular flexibility index (Phi) is 8.21. The molecule has 0 saturated carbocycles. The lowest BCUT2D eigenvalue weighted by atomic mass is 10.0. The summed E-state index contributed by atoms with van der Waals surface area (Å²) < 4.78 is 1.56. The van der Waals surface area contributed by atoms with Crippen LogP contribution in [0.3, 0.4) is 0 Å². The van der Waals surface area contributed by atoms with Crippen molar-refractivity contribution in [3.8, 4) is 44.7 Å². The molecule has 1 fully saturated rings. The van der Waals surface area contributed by atoms with Crippen molar-refractivity contribution in [1.82, 2.24) is 19.6 Å². The van der Waals surface area contributed by atoms with Crippen LogP contribution in [-0.4, -0.2) is 32.7 Å². The van der Waals surface area contributed by atoms with Gasteiger partial charge < -0.3 is 0 Å². The van der Waals surface area contributed by atoms with Crippen molar-refractivity contribution in [1.29, 1.82) is 0 Å². The predicted octanol–water partition coefficient (Wildman–Crippen LogP) is 8.21. The van der Waals surface area contributed by atoms with Crippen LogP contribution in [0.1, 0.15) is 30.5 Å². The Morgan fingerprint density at radius 3 is 2.32 bits per heavy atom. The van der Waals surface area contributed by atoms with Gasteiger partial charge in [0, 0.05) is 39.9 Å². The Hall–Kier alpha value is -3.88. The third-order valence-corrected chi connectivity index (χ3v) is 8.05. The van der Waals surface area contributed by atoms with Gasteiger partial charge in [0.1, 0.15) is 5.69 Å². The van der Waals surface area contributed by atoms with E-state index in [1.165, 1.54) is 15.4 Å². The van der Waals surface area contributed by atoms with E-state index in [1.54, 1.807) is 4.52 Å². The molecule has 7 nitrogen and oxygen atoms in total. The molecule has 5 aromatic rings. The number of rotatable bonds is 5. The molecule has 0 aliphatic carbocycles. The fraction of sp³-hybridized carbons (Fsp3) is 0.188. The summed E-state index contributed by atoms with van der Waals surface area (Å²) in [7, 11) is 1.40. The number of aryl methyl sites for hydroxylation is 1. The Morgan fingerprint density at radius 2 is 1.61 bits per heavy atom.